The third-order valence-corrected chi connectivity index (χ3v) is 4.05. The lowest BCUT2D eigenvalue weighted by molar-refractivity contribution is 1.93. The molecule has 0 aliphatic carbocycles. The van der Waals surface area contributed by atoms with Crippen molar-refractivity contribution in [2.45, 2.75) is 0 Å². The lowest BCUT2D eigenvalue weighted by atomic mass is 10.4. The van der Waals surface area contributed by atoms with Gasteiger partial charge in [0.15, 0.2) is 0 Å². The molecular formula is C6H4BrNS2. The summed E-state index contributed by atoms with van der Waals surface area (Å²) in [5.74, 6) is 0. The summed E-state index contributed by atoms with van der Waals surface area (Å²) in [4.78, 5) is 0. The van der Waals surface area contributed by atoms with Gasteiger partial charge in [-0.3, -0.25) is 0 Å². The highest BCUT2D eigenvalue weighted by Crippen LogP contribution is 2.37. The molecule has 2 aromatic heterocycles. The Hall–Kier alpha value is -0.0600. The summed E-state index contributed by atoms with van der Waals surface area (Å²) in [6.07, 6.45) is 0. The van der Waals surface area contributed by atoms with Gasteiger partial charge in [0.05, 0.1) is 13.5 Å². The second-order valence-electron chi connectivity index (χ2n) is 1.94. The Morgan fingerprint density at radius 3 is 3.00 bits per heavy atom. The Morgan fingerprint density at radius 1 is 1.50 bits per heavy atom. The van der Waals surface area contributed by atoms with Gasteiger partial charge >= 0.3 is 0 Å². The van der Waals surface area contributed by atoms with Crippen LogP contribution in [0.3, 0.4) is 0 Å². The molecule has 0 fully saturated rings. The first-order chi connectivity index (χ1) is 4.77. The molecule has 0 saturated carbocycles. The van der Waals surface area contributed by atoms with E-state index in [1.165, 1.54) is 9.40 Å². The van der Waals surface area contributed by atoms with Crippen molar-refractivity contribution in [1.82, 2.24) is 0 Å². The number of anilines is 1. The molecule has 0 saturated heterocycles. The fraction of sp³-hybridized carbons (Fsp3) is 0. The van der Waals surface area contributed by atoms with E-state index in [0.717, 1.165) is 9.47 Å². The van der Waals surface area contributed by atoms with Crippen molar-refractivity contribution >= 4 is 53.7 Å². The van der Waals surface area contributed by atoms with Crippen LogP contribution in [0.25, 0.3) is 9.40 Å². The van der Waals surface area contributed by atoms with Crippen LogP contribution >= 0.6 is 38.6 Å². The first-order valence-electron chi connectivity index (χ1n) is 2.69. The molecule has 0 spiro atoms. The van der Waals surface area contributed by atoms with Gasteiger partial charge in [-0.2, -0.15) is 0 Å². The minimum absolute atomic E-state index is 0.891. The summed E-state index contributed by atoms with van der Waals surface area (Å²) in [5, 5.41) is 3.16. The largest absolute Gasteiger partial charge is 0.398 e. The van der Waals surface area contributed by atoms with E-state index in [0.29, 0.717) is 0 Å². The van der Waals surface area contributed by atoms with E-state index in [4.69, 9.17) is 5.73 Å². The lowest BCUT2D eigenvalue weighted by Gasteiger charge is -1.78. The van der Waals surface area contributed by atoms with Gasteiger partial charge in [0.1, 0.15) is 0 Å². The molecule has 0 aromatic carbocycles. The van der Waals surface area contributed by atoms with Crippen molar-refractivity contribution in [3.63, 3.8) is 0 Å². The molecule has 2 N–H and O–H groups in total. The second-order valence-corrected chi connectivity index (χ2v) is 5.51. The topological polar surface area (TPSA) is 26.0 Å². The van der Waals surface area contributed by atoms with Crippen LogP contribution in [-0.2, 0) is 0 Å². The quantitative estimate of drug-likeness (QED) is 0.743. The number of rotatable bonds is 0. The van der Waals surface area contributed by atoms with E-state index >= 15 is 0 Å². The molecule has 2 aromatic rings. The average Bonchev–Trinajstić information content (AvgIpc) is 2.35. The summed E-state index contributed by atoms with van der Waals surface area (Å²) in [7, 11) is 0. The van der Waals surface area contributed by atoms with Gasteiger partial charge in [0.25, 0.3) is 0 Å². The molecule has 0 amide bonds. The van der Waals surface area contributed by atoms with E-state index in [-0.39, 0.29) is 0 Å². The number of fused-ring (bicyclic) bond motifs is 1. The van der Waals surface area contributed by atoms with Crippen LogP contribution in [-0.4, -0.2) is 0 Å². The summed E-state index contributed by atoms with van der Waals surface area (Å²) >= 11 is 6.83. The Bertz CT molecular complexity index is 363. The molecule has 10 heavy (non-hydrogen) atoms. The predicted molar refractivity (Wildman–Crippen MR) is 51.8 cm³/mol. The Balaban J connectivity index is 2.90. The van der Waals surface area contributed by atoms with Crippen LogP contribution in [0, 0.1) is 0 Å². The first-order valence-corrected chi connectivity index (χ1v) is 5.18. The zero-order valence-electron chi connectivity index (χ0n) is 4.93. The number of nitrogen functional groups attached to an aromatic ring is 1. The van der Waals surface area contributed by atoms with Crippen LogP contribution in [0.15, 0.2) is 15.2 Å². The second kappa shape index (κ2) is 2.22. The van der Waals surface area contributed by atoms with Crippen LogP contribution in [0.1, 0.15) is 0 Å². The Labute approximate surface area is 74.6 Å². The van der Waals surface area contributed by atoms with Crippen molar-refractivity contribution in [3.05, 3.63) is 15.2 Å². The van der Waals surface area contributed by atoms with E-state index in [1.807, 2.05) is 5.38 Å². The van der Waals surface area contributed by atoms with E-state index in [1.54, 1.807) is 22.7 Å². The van der Waals surface area contributed by atoms with Crippen LogP contribution < -0.4 is 5.73 Å². The molecule has 0 bridgehead atoms. The predicted octanol–water partition coefficient (Wildman–Crippen LogP) is 3.31. The van der Waals surface area contributed by atoms with Gasteiger partial charge < -0.3 is 5.73 Å². The van der Waals surface area contributed by atoms with Gasteiger partial charge in [-0.15, -0.1) is 22.7 Å². The maximum absolute atomic E-state index is 5.69. The van der Waals surface area contributed by atoms with E-state index in [9.17, 15) is 0 Å². The van der Waals surface area contributed by atoms with Gasteiger partial charge in [0, 0.05) is 10.8 Å². The highest BCUT2D eigenvalue weighted by molar-refractivity contribution is 9.11. The Kier molecular flexibility index (Phi) is 1.47. The third-order valence-electron chi connectivity index (χ3n) is 1.27. The summed E-state index contributed by atoms with van der Waals surface area (Å²) in [5.41, 5.74) is 6.58. The molecule has 0 aliphatic rings. The molecule has 0 unspecified atom stereocenters. The Morgan fingerprint density at radius 2 is 2.30 bits per heavy atom. The average molecular weight is 234 g/mol. The van der Waals surface area contributed by atoms with Crippen molar-refractivity contribution in [2.24, 2.45) is 0 Å². The molecule has 0 radical (unpaired) electrons. The van der Waals surface area contributed by atoms with Crippen LogP contribution in [0.5, 0.6) is 0 Å². The normalized spacial score (nSPS) is 10.9. The fourth-order valence-corrected chi connectivity index (χ4v) is 3.76. The minimum atomic E-state index is 0.891. The monoisotopic (exact) mass is 233 g/mol. The maximum Gasteiger partial charge on any atom is 0.0898 e. The van der Waals surface area contributed by atoms with Gasteiger partial charge in [-0.25, -0.2) is 0 Å². The zero-order chi connectivity index (χ0) is 7.14. The molecule has 2 heterocycles. The molecule has 0 atom stereocenters. The molecule has 2 rings (SSSR count). The molecular weight excluding hydrogens is 230 g/mol. The molecule has 4 heteroatoms. The molecule has 52 valence electrons. The smallest absolute Gasteiger partial charge is 0.0898 e. The number of hydrogen-bond donors (Lipinski definition) is 1. The third kappa shape index (κ3) is 0.872. The van der Waals surface area contributed by atoms with Crippen molar-refractivity contribution < 1.29 is 0 Å². The van der Waals surface area contributed by atoms with Crippen molar-refractivity contribution in [3.8, 4) is 0 Å². The molecule has 0 aliphatic heterocycles. The highest BCUT2D eigenvalue weighted by Gasteiger charge is 2.03. The van der Waals surface area contributed by atoms with Gasteiger partial charge in [-0.1, -0.05) is 0 Å². The van der Waals surface area contributed by atoms with Crippen LogP contribution in [0.2, 0.25) is 0 Å². The lowest BCUT2D eigenvalue weighted by Crippen LogP contribution is -1.77. The van der Waals surface area contributed by atoms with E-state index < -0.39 is 0 Å². The summed E-state index contributed by atoms with van der Waals surface area (Å²) < 4.78 is 2.45. The number of hydrogen-bond acceptors (Lipinski definition) is 3. The maximum atomic E-state index is 5.69. The summed E-state index contributed by atoms with van der Waals surface area (Å²) in [6, 6.07) is 2.06. The standard InChI is InChI=1S/C6H4BrNS2/c7-5-1-3-4(8)2-9-6(3)10-5/h1-2H,8H2. The van der Waals surface area contributed by atoms with Gasteiger partial charge in [0.2, 0.25) is 0 Å². The summed E-state index contributed by atoms with van der Waals surface area (Å²) in [6.45, 7) is 0. The zero-order valence-corrected chi connectivity index (χ0v) is 8.15. The minimum Gasteiger partial charge on any atom is -0.398 e. The number of halogens is 1. The SMILES string of the molecule is Nc1csc2sc(Br)cc12. The van der Waals surface area contributed by atoms with E-state index in [2.05, 4.69) is 22.0 Å². The highest BCUT2D eigenvalue weighted by atomic mass is 79.9. The first kappa shape index (κ1) is 6.64. The van der Waals surface area contributed by atoms with Crippen LogP contribution in [0.4, 0.5) is 5.69 Å². The van der Waals surface area contributed by atoms with Gasteiger partial charge in [-0.05, 0) is 22.0 Å². The number of thiophene rings is 2. The van der Waals surface area contributed by atoms with Crippen molar-refractivity contribution in [2.75, 3.05) is 5.73 Å². The van der Waals surface area contributed by atoms with Crippen molar-refractivity contribution in [1.29, 1.82) is 0 Å². The fourth-order valence-electron chi connectivity index (χ4n) is 0.815. The molecule has 1 nitrogen and oxygen atoms in total. The number of nitrogens with two attached hydrogens (primary N) is 1.